The van der Waals surface area contributed by atoms with E-state index in [1.165, 1.54) is 4.88 Å². The van der Waals surface area contributed by atoms with E-state index in [-0.39, 0.29) is 5.79 Å². The van der Waals surface area contributed by atoms with E-state index >= 15 is 0 Å². The van der Waals surface area contributed by atoms with Crippen LogP contribution in [0.15, 0.2) is 6.20 Å². The van der Waals surface area contributed by atoms with Crippen LogP contribution in [-0.2, 0) is 16.0 Å². The molecule has 0 N–H and O–H groups in total. The Hall–Kier alpha value is -0.200. The number of aromatic nitrogens is 1. The molecule has 2 aliphatic heterocycles. The molecule has 0 aromatic carbocycles. The Kier molecular flexibility index (Phi) is 3.36. The first kappa shape index (κ1) is 11.9. The van der Waals surface area contributed by atoms with Crippen molar-refractivity contribution in [2.24, 2.45) is 0 Å². The number of hydrogen-bond acceptors (Lipinski definition) is 5. The molecule has 2 fully saturated rings. The Morgan fingerprint density at radius 1 is 1.35 bits per heavy atom. The predicted molar refractivity (Wildman–Crippen MR) is 66.3 cm³/mol. The number of hydrogen-bond donors (Lipinski definition) is 0. The largest absolute Gasteiger partial charge is 0.347 e. The summed E-state index contributed by atoms with van der Waals surface area (Å²) in [5, 5.41) is 0. The van der Waals surface area contributed by atoms with E-state index in [4.69, 9.17) is 21.1 Å². The summed E-state index contributed by atoms with van der Waals surface area (Å²) in [5.74, 6) is -0.276. The molecule has 0 radical (unpaired) electrons. The van der Waals surface area contributed by atoms with Crippen LogP contribution in [0.5, 0.6) is 0 Å². The molecule has 0 amide bonds. The number of thiazole rings is 1. The summed E-state index contributed by atoms with van der Waals surface area (Å²) in [7, 11) is 0. The van der Waals surface area contributed by atoms with Crippen LogP contribution in [-0.4, -0.2) is 42.0 Å². The summed E-state index contributed by atoms with van der Waals surface area (Å²) in [5.41, 5.74) is 0. The zero-order valence-electron chi connectivity index (χ0n) is 9.52. The first-order valence-corrected chi connectivity index (χ1v) is 7.06. The van der Waals surface area contributed by atoms with Crippen LogP contribution in [0, 0.1) is 0 Å². The second-order valence-corrected chi connectivity index (χ2v) is 6.16. The molecule has 0 unspecified atom stereocenters. The quantitative estimate of drug-likeness (QED) is 0.828. The van der Waals surface area contributed by atoms with Gasteiger partial charge in [0.25, 0.3) is 0 Å². The van der Waals surface area contributed by atoms with E-state index in [1.807, 2.05) is 6.20 Å². The lowest BCUT2D eigenvalue weighted by atomic mass is 10.0. The van der Waals surface area contributed by atoms with Crippen LogP contribution < -0.4 is 0 Å². The lowest BCUT2D eigenvalue weighted by molar-refractivity contribution is -0.185. The van der Waals surface area contributed by atoms with Gasteiger partial charge >= 0.3 is 0 Å². The minimum absolute atomic E-state index is 0.276. The molecule has 6 heteroatoms. The Morgan fingerprint density at radius 3 is 2.65 bits per heavy atom. The van der Waals surface area contributed by atoms with Crippen LogP contribution in [0.1, 0.15) is 17.7 Å². The van der Waals surface area contributed by atoms with E-state index in [0.29, 0.717) is 4.47 Å². The topological polar surface area (TPSA) is 34.6 Å². The highest BCUT2D eigenvalue weighted by Crippen LogP contribution is 2.32. The summed E-state index contributed by atoms with van der Waals surface area (Å²) in [6.45, 7) is 4.43. The lowest BCUT2D eigenvalue weighted by Crippen LogP contribution is -2.44. The molecule has 0 aliphatic carbocycles. The van der Waals surface area contributed by atoms with Crippen molar-refractivity contribution < 1.29 is 9.47 Å². The number of likely N-dealkylation sites (tertiary alicyclic amines) is 1. The average molecular weight is 275 g/mol. The number of piperidine rings is 1. The number of halogens is 1. The number of ether oxygens (including phenoxy) is 2. The Morgan fingerprint density at radius 2 is 2.06 bits per heavy atom. The van der Waals surface area contributed by atoms with Gasteiger partial charge in [-0.3, -0.25) is 4.90 Å². The highest BCUT2D eigenvalue weighted by atomic mass is 35.5. The molecule has 1 aromatic heterocycles. The van der Waals surface area contributed by atoms with Gasteiger partial charge in [-0.15, -0.1) is 11.3 Å². The molecule has 1 aromatic rings. The van der Waals surface area contributed by atoms with Crippen molar-refractivity contribution in [1.82, 2.24) is 9.88 Å². The van der Waals surface area contributed by atoms with Crippen LogP contribution in [0.2, 0.25) is 4.47 Å². The third-order valence-electron chi connectivity index (χ3n) is 3.34. The van der Waals surface area contributed by atoms with E-state index in [9.17, 15) is 0 Å². The van der Waals surface area contributed by atoms with Gasteiger partial charge in [0.2, 0.25) is 0 Å². The number of nitrogens with zero attached hydrogens (tertiary/aromatic N) is 2. The molecule has 4 nitrogen and oxygen atoms in total. The first-order chi connectivity index (χ1) is 8.26. The van der Waals surface area contributed by atoms with Crippen LogP contribution in [0.25, 0.3) is 0 Å². The maximum Gasteiger partial charge on any atom is 0.183 e. The Labute approximate surface area is 109 Å². The van der Waals surface area contributed by atoms with E-state index in [0.717, 1.165) is 45.7 Å². The van der Waals surface area contributed by atoms with Crippen LogP contribution in [0.4, 0.5) is 0 Å². The maximum atomic E-state index is 5.83. The fourth-order valence-corrected chi connectivity index (χ4v) is 3.44. The molecular weight excluding hydrogens is 260 g/mol. The summed E-state index contributed by atoms with van der Waals surface area (Å²) >= 11 is 7.38. The van der Waals surface area contributed by atoms with E-state index in [2.05, 4.69) is 9.88 Å². The second-order valence-electron chi connectivity index (χ2n) is 4.46. The highest BCUT2D eigenvalue weighted by Gasteiger charge is 2.39. The van der Waals surface area contributed by atoms with Crippen molar-refractivity contribution in [3.05, 3.63) is 15.5 Å². The monoisotopic (exact) mass is 274 g/mol. The van der Waals surface area contributed by atoms with Gasteiger partial charge in [0.1, 0.15) is 0 Å². The van der Waals surface area contributed by atoms with Gasteiger partial charge in [-0.25, -0.2) is 4.98 Å². The molecule has 0 bridgehead atoms. The molecule has 0 atom stereocenters. The van der Waals surface area contributed by atoms with Crippen molar-refractivity contribution in [1.29, 1.82) is 0 Å². The zero-order valence-corrected chi connectivity index (χ0v) is 11.1. The standard InChI is InChI=1S/C11H15ClN2O2S/c12-10-13-7-9(17-10)8-14-3-1-11(2-4-14)15-5-6-16-11/h7H,1-6,8H2. The normalized spacial score (nSPS) is 24.5. The van der Waals surface area contributed by atoms with E-state index < -0.39 is 0 Å². The Bertz CT molecular complexity index is 383. The fraction of sp³-hybridized carbons (Fsp3) is 0.727. The highest BCUT2D eigenvalue weighted by molar-refractivity contribution is 7.15. The Balaban J connectivity index is 1.54. The van der Waals surface area contributed by atoms with Crippen LogP contribution >= 0.6 is 22.9 Å². The van der Waals surface area contributed by atoms with Crippen molar-refractivity contribution in [2.45, 2.75) is 25.2 Å². The minimum atomic E-state index is -0.276. The van der Waals surface area contributed by atoms with Crippen molar-refractivity contribution in [3.63, 3.8) is 0 Å². The summed E-state index contributed by atoms with van der Waals surface area (Å²) < 4.78 is 12.0. The van der Waals surface area contributed by atoms with Crippen molar-refractivity contribution >= 4 is 22.9 Å². The van der Waals surface area contributed by atoms with Gasteiger partial charge in [0, 0.05) is 43.5 Å². The lowest BCUT2D eigenvalue weighted by Gasteiger charge is -2.37. The number of rotatable bonds is 2. The SMILES string of the molecule is Clc1ncc(CN2CCC3(CC2)OCCO3)s1. The predicted octanol–water partition coefficient (Wildman–Crippen LogP) is 2.14. The third-order valence-corrected chi connectivity index (χ3v) is 4.44. The molecule has 3 rings (SSSR count). The molecular formula is C11H15ClN2O2S. The van der Waals surface area contributed by atoms with Gasteiger partial charge in [0.05, 0.1) is 13.2 Å². The van der Waals surface area contributed by atoms with Crippen molar-refractivity contribution in [2.75, 3.05) is 26.3 Å². The summed E-state index contributed by atoms with van der Waals surface area (Å²) in [4.78, 5) is 7.69. The fourth-order valence-electron chi connectivity index (χ4n) is 2.41. The molecule has 2 aliphatic rings. The van der Waals surface area contributed by atoms with Gasteiger partial charge in [-0.05, 0) is 0 Å². The van der Waals surface area contributed by atoms with E-state index in [1.54, 1.807) is 11.3 Å². The molecule has 0 saturated carbocycles. The third kappa shape index (κ3) is 2.63. The molecule has 1 spiro atoms. The molecule has 17 heavy (non-hydrogen) atoms. The van der Waals surface area contributed by atoms with Gasteiger partial charge in [-0.2, -0.15) is 0 Å². The molecule has 2 saturated heterocycles. The van der Waals surface area contributed by atoms with Crippen LogP contribution in [0.3, 0.4) is 0 Å². The first-order valence-electron chi connectivity index (χ1n) is 5.86. The molecule has 94 valence electrons. The summed E-state index contributed by atoms with van der Waals surface area (Å²) in [6, 6.07) is 0. The van der Waals surface area contributed by atoms with Gasteiger partial charge in [-0.1, -0.05) is 11.6 Å². The molecule has 3 heterocycles. The minimum Gasteiger partial charge on any atom is -0.347 e. The van der Waals surface area contributed by atoms with Gasteiger partial charge in [0.15, 0.2) is 10.3 Å². The maximum absolute atomic E-state index is 5.83. The zero-order chi connectivity index (χ0) is 11.7. The average Bonchev–Trinajstić information content (AvgIpc) is 2.93. The van der Waals surface area contributed by atoms with Crippen molar-refractivity contribution in [3.8, 4) is 0 Å². The summed E-state index contributed by atoms with van der Waals surface area (Å²) in [6.07, 6.45) is 3.78. The second kappa shape index (κ2) is 4.82. The smallest absolute Gasteiger partial charge is 0.183 e. The van der Waals surface area contributed by atoms with Gasteiger partial charge < -0.3 is 9.47 Å².